The molecule has 0 aliphatic rings. The van der Waals surface area contributed by atoms with Crippen LogP contribution in [0.3, 0.4) is 0 Å². The van der Waals surface area contributed by atoms with Gasteiger partial charge < -0.3 is 5.48 Å². The van der Waals surface area contributed by atoms with E-state index in [9.17, 15) is 0 Å². The maximum atomic E-state index is 4.15. The molecule has 0 heterocycles. The molecule has 1 radical (unpaired) electrons. The minimum absolute atomic E-state index is 0. The zero-order valence-electron chi connectivity index (χ0n) is 2.43. The van der Waals surface area contributed by atoms with Gasteiger partial charge in [0.2, 0.25) is 0 Å². The van der Waals surface area contributed by atoms with Crippen molar-refractivity contribution in [1.82, 2.24) is 0 Å². The predicted molar refractivity (Wildman–Crippen MR) is 16.7 cm³/mol. The molecule has 0 bridgehead atoms. The first-order chi connectivity index (χ1) is 1.00. The molecule has 0 aromatic rings. The fraction of sp³-hybridized carbons (Fsp3) is 0. The molecule has 1 N–H and O–H groups in total. The number of rotatable bonds is 0. The molecule has 0 spiro atoms. The van der Waals surface area contributed by atoms with Gasteiger partial charge in [0.25, 0.3) is 0 Å². The molecular formula is H2GeNaOS. The van der Waals surface area contributed by atoms with Crippen molar-refractivity contribution in [2.24, 2.45) is 0 Å². The summed E-state index contributed by atoms with van der Waals surface area (Å²) in [7, 11) is 4.15. The summed E-state index contributed by atoms with van der Waals surface area (Å²) in [5.74, 6) is 0. The Morgan fingerprint density at radius 2 is 1.25 bits per heavy atom. The van der Waals surface area contributed by atoms with Gasteiger partial charge in [0.1, 0.15) is 0 Å². The summed E-state index contributed by atoms with van der Waals surface area (Å²) in [5.41, 5.74) is 0. The van der Waals surface area contributed by atoms with Crippen LogP contribution in [0.1, 0.15) is 0 Å². The zero-order chi connectivity index (χ0) is 2.00. The third kappa shape index (κ3) is 9.30. The van der Waals surface area contributed by atoms with Crippen LogP contribution < -0.4 is 29.6 Å². The third-order valence-electron chi connectivity index (χ3n) is 0. The van der Waals surface area contributed by atoms with E-state index in [0.29, 0.717) is 0 Å². The molecule has 0 amide bonds. The van der Waals surface area contributed by atoms with Crippen LogP contribution in [0.2, 0.25) is 0 Å². The Bertz CT molecular complexity index is 8.00. The van der Waals surface area contributed by atoms with Crippen LogP contribution in [0.5, 0.6) is 0 Å². The maximum absolute atomic E-state index is 4.15. The molecule has 0 aromatic heterocycles. The average molecular weight is 146 g/mol. The summed E-state index contributed by atoms with van der Waals surface area (Å²) in [4.78, 5) is 0. The van der Waals surface area contributed by atoms with E-state index in [1.165, 1.54) is 14.9 Å². The Kier molecular flexibility index (Phi) is 94.9. The fourth-order valence-electron chi connectivity index (χ4n) is 0. The molecular weight excluding hydrogens is 144 g/mol. The zero-order valence-corrected chi connectivity index (χ0v) is 7.67. The molecule has 0 saturated carbocycles. The molecule has 4 heteroatoms. The second kappa shape index (κ2) is 22.1. The van der Waals surface area contributed by atoms with Crippen molar-refractivity contribution in [2.45, 2.75) is 0 Å². The first-order valence-corrected chi connectivity index (χ1v) is 3.67. The van der Waals surface area contributed by atoms with E-state index in [4.69, 9.17) is 0 Å². The van der Waals surface area contributed by atoms with Gasteiger partial charge in [-0.05, 0) is 0 Å². The molecule has 0 fully saturated rings. The summed E-state index contributed by atoms with van der Waals surface area (Å²) in [6, 6.07) is 0. The van der Waals surface area contributed by atoms with Crippen molar-refractivity contribution in [3.63, 3.8) is 0 Å². The van der Waals surface area contributed by atoms with E-state index in [1.807, 2.05) is 0 Å². The molecule has 4 heavy (non-hydrogen) atoms. The normalized spacial score (nSPS) is 1.00. The number of hydrogen-bond donors (Lipinski definition) is 0. The molecule has 0 unspecified atom stereocenters. The summed E-state index contributed by atoms with van der Waals surface area (Å²) in [6.45, 7) is 0. The van der Waals surface area contributed by atoms with Gasteiger partial charge in [-0.25, -0.2) is 0 Å². The monoisotopic (exact) mass is 147 g/mol. The Balaban J connectivity index is -0.00000000500. The van der Waals surface area contributed by atoms with E-state index in [0.717, 1.165) is 0 Å². The van der Waals surface area contributed by atoms with E-state index in [1.54, 1.807) is 0 Å². The van der Waals surface area contributed by atoms with Crippen LogP contribution >= 0.6 is 10.5 Å². The first kappa shape index (κ1) is 17.2. The predicted octanol–water partition coefficient (Wildman–Crippen LogP) is -3.17. The van der Waals surface area contributed by atoms with E-state index in [2.05, 4.69) is 10.5 Å². The molecule has 0 aliphatic heterocycles. The van der Waals surface area contributed by atoms with Crippen molar-refractivity contribution in [1.29, 1.82) is 0 Å². The van der Waals surface area contributed by atoms with Gasteiger partial charge >= 0.3 is 54.9 Å². The van der Waals surface area contributed by atoms with Crippen molar-refractivity contribution in [3.05, 3.63) is 0 Å². The molecule has 0 aromatic carbocycles. The Morgan fingerprint density at radius 3 is 1.25 bits per heavy atom. The molecule has 0 aliphatic carbocycles. The second-order valence-electron chi connectivity index (χ2n) is 0. The Hall–Kier alpha value is 1.72. The quantitative estimate of drug-likeness (QED) is 0.337. The van der Waals surface area contributed by atoms with Crippen LogP contribution in [0.25, 0.3) is 0 Å². The average Bonchev–Trinajstić information content (AvgIpc) is 1.00. The molecule has 1 nitrogen and oxygen atoms in total. The summed E-state index contributed by atoms with van der Waals surface area (Å²) < 4.78 is 0. The van der Waals surface area contributed by atoms with Gasteiger partial charge in [-0.3, -0.25) is 0 Å². The van der Waals surface area contributed by atoms with Crippen molar-refractivity contribution < 1.29 is 35.0 Å². The van der Waals surface area contributed by atoms with Crippen molar-refractivity contribution >= 4 is 25.3 Å². The van der Waals surface area contributed by atoms with Gasteiger partial charge in [0, 0.05) is 0 Å². The fourth-order valence-corrected chi connectivity index (χ4v) is 0. The minimum atomic E-state index is 0. The van der Waals surface area contributed by atoms with Crippen LogP contribution in [0, 0.1) is 0 Å². The van der Waals surface area contributed by atoms with Crippen LogP contribution in [-0.2, 0) is 0 Å². The van der Waals surface area contributed by atoms with Gasteiger partial charge in [0.05, 0.1) is 0 Å². The second-order valence-corrected chi connectivity index (χ2v) is 0. The van der Waals surface area contributed by atoms with Crippen molar-refractivity contribution in [3.8, 4) is 0 Å². The first-order valence-electron chi connectivity index (χ1n) is 0.236. The van der Waals surface area contributed by atoms with Gasteiger partial charge in [-0.2, -0.15) is 0 Å². The number of hydrogen-bond acceptors (Lipinski definition) is 2. The standard InChI is InChI=1S/GeHS.Na.H2O/c1-2;;/h1H;;1H2/q;+1;/p-1. The topological polar surface area (TPSA) is 30.0 Å². The molecule has 19 valence electrons. The van der Waals surface area contributed by atoms with Crippen LogP contribution in [-0.4, -0.2) is 20.3 Å². The van der Waals surface area contributed by atoms with E-state index < -0.39 is 0 Å². The Labute approximate surface area is 59.8 Å². The van der Waals surface area contributed by atoms with Crippen molar-refractivity contribution in [2.75, 3.05) is 0 Å². The van der Waals surface area contributed by atoms with E-state index >= 15 is 0 Å². The molecule has 0 rings (SSSR count). The summed E-state index contributed by atoms with van der Waals surface area (Å²) in [5, 5.41) is 0. The van der Waals surface area contributed by atoms with Crippen LogP contribution in [0.15, 0.2) is 0 Å². The molecule has 0 atom stereocenters. The van der Waals surface area contributed by atoms with Gasteiger partial charge in [-0.1, -0.05) is 0 Å². The third-order valence-corrected chi connectivity index (χ3v) is 0. The summed E-state index contributed by atoms with van der Waals surface area (Å²) >= 11 is 1.27. The van der Waals surface area contributed by atoms with Crippen LogP contribution in [0.4, 0.5) is 0 Å². The Morgan fingerprint density at radius 1 is 1.25 bits per heavy atom. The summed E-state index contributed by atoms with van der Waals surface area (Å²) in [6.07, 6.45) is 0. The SMILES string of the molecule is [Na+].[OH-].[S]=[GeH]. The molecule has 0 saturated heterocycles. The van der Waals surface area contributed by atoms with Gasteiger partial charge in [0.15, 0.2) is 0 Å². The van der Waals surface area contributed by atoms with Gasteiger partial charge in [-0.15, -0.1) is 0 Å². The van der Waals surface area contributed by atoms with E-state index in [-0.39, 0.29) is 35.0 Å².